The van der Waals surface area contributed by atoms with Crippen molar-refractivity contribution < 1.29 is 4.74 Å². The standard InChI is InChI=1S/C10H14BrNOS/c1-12(8-2-4-13-7-8)6-10-9(11)3-5-14-10/h3,5,8H,2,4,6-7H2,1H3. The van der Waals surface area contributed by atoms with Crippen LogP contribution in [0.15, 0.2) is 15.9 Å². The quantitative estimate of drug-likeness (QED) is 0.841. The van der Waals surface area contributed by atoms with Crippen LogP contribution in [-0.4, -0.2) is 31.2 Å². The van der Waals surface area contributed by atoms with E-state index in [9.17, 15) is 0 Å². The van der Waals surface area contributed by atoms with Gasteiger partial charge in [0, 0.05) is 28.5 Å². The van der Waals surface area contributed by atoms with Gasteiger partial charge in [-0.05, 0) is 40.8 Å². The summed E-state index contributed by atoms with van der Waals surface area (Å²) in [4.78, 5) is 3.78. The summed E-state index contributed by atoms with van der Waals surface area (Å²) < 4.78 is 6.61. The van der Waals surface area contributed by atoms with Crippen LogP contribution in [0.4, 0.5) is 0 Å². The van der Waals surface area contributed by atoms with Gasteiger partial charge in [-0.3, -0.25) is 4.90 Å². The molecular formula is C10H14BrNOS. The van der Waals surface area contributed by atoms with Gasteiger partial charge in [0.1, 0.15) is 0 Å². The zero-order chi connectivity index (χ0) is 9.97. The van der Waals surface area contributed by atoms with E-state index in [2.05, 4.69) is 39.3 Å². The molecule has 14 heavy (non-hydrogen) atoms. The van der Waals surface area contributed by atoms with E-state index in [1.807, 2.05) is 11.3 Å². The topological polar surface area (TPSA) is 12.5 Å². The van der Waals surface area contributed by atoms with E-state index in [-0.39, 0.29) is 0 Å². The lowest BCUT2D eigenvalue weighted by Crippen LogP contribution is -2.31. The van der Waals surface area contributed by atoms with Crippen molar-refractivity contribution in [3.05, 3.63) is 20.8 Å². The van der Waals surface area contributed by atoms with Gasteiger partial charge < -0.3 is 4.74 Å². The highest BCUT2D eigenvalue weighted by atomic mass is 79.9. The summed E-state index contributed by atoms with van der Waals surface area (Å²) in [6.07, 6.45) is 1.17. The monoisotopic (exact) mass is 275 g/mol. The molecule has 0 spiro atoms. The Morgan fingerprint density at radius 1 is 1.71 bits per heavy atom. The van der Waals surface area contributed by atoms with Gasteiger partial charge in [0.2, 0.25) is 0 Å². The van der Waals surface area contributed by atoms with Gasteiger partial charge in [0.15, 0.2) is 0 Å². The Hall–Kier alpha value is 0.1000. The third kappa shape index (κ3) is 2.37. The molecular weight excluding hydrogens is 262 g/mol. The lowest BCUT2D eigenvalue weighted by Gasteiger charge is -2.22. The van der Waals surface area contributed by atoms with Gasteiger partial charge >= 0.3 is 0 Å². The van der Waals surface area contributed by atoms with Crippen LogP contribution in [0, 0.1) is 0 Å². The molecule has 1 fully saturated rings. The van der Waals surface area contributed by atoms with Gasteiger partial charge in [-0.1, -0.05) is 0 Å². The summed E-state index contributed by atoms with van der Waals surface area (Å²) in [6, 6.07) is 2.71. The van der Waals surface area contributed by atoms with Crippen LogP contribution in [0.3, 0.4) is 0 Å². The predicted octanol–water partition coefficient (Wildman–Crippen LogP) is 2.73. The minimum atomic E-state index is 0.601. The fourth-order valence-electron chi connectivity index (χ4n) is 1.66. The van der Waals surface area contributed by atoms with Crippen molar-refractivity contribution in [2.24, 2.45) is 0 Å². The van der Waals surface area contributed by atoms with E-state index >= 15 is 0 Å². The Balaban J connectivity index is 1.93. The molecule has 2 nitrogen and oxygen atoms in total. The van der Waals surface area contributed by atoms with Crippen LogP contribution in [0.5, 0.6) is 0 Å². The summed E-state index contributed by atoms with van der Waals surface area (Å²) in [5.74, 6) is 0. The Morgan fingerprint density at radius 2 is 2.57 bits per heavy atom. The third-order valence-electron chi connectivity index (χ3n) is 2.61. The molecule has 0 bridgehead atoms. The number of hydrogen-bond donors (Lipinski definition) is 0. The minimum Gasteiger partial charge on any atom is -0.380 e. The molecule has 1 aromatic rings. The molecule has 1 aliphatic heterocycles. The van der Waals surface area contributed by atoms with Gasteiger partial charge in [0.05, 0.1) is 6.61 Å². The van der Waals surface area contributed by atoms with E-state index in [0.29, 0.717) is 6.04 Å². The van der Waals surface area contributed by atoms with Gasteiger partial charge in [-0.15, -0.1) is 11.3 Å². The second-order valence-corrected chi connectivity index (χ2v) is 5.48. The molecule has 1 unspecified atom stereocenters. The highest BCUT2D eigenvalue weighted by Gasteiger charge is 2.20. The average Bonchev–Trinajstić information content (AvgIpc) is 2.77. The lowest BCUT2D eigenvalue weighted by molar-refractivity contribution is 0.157. The molecule has 1 atom stereocenters. The Bertz CT molecular complexity index is 296. The maximum Gasteiger partial charge on any atom is 0.0622 e. The van der Waals surface area contributed by atoms with Crippen LogP contribution in [0.1, 0.15) is 11.3 Å². The van der Waals surface area contributed by atoms with E-state index < -0.39 is 0 Å². The number of ether oxygens (including phenoxy) is 1. The zero-order valence-electron chi connectivity index (χ0n) is 8.20. The Morgan fingerprint density at radius 3 is 3.14 bits per heavy atom. The first-order valence-corrected chi connectivity index (χ1v) is 6.44. The number of halogens is 1. The van der Waals surface area contributed by atoms with Gasteiger partial charge in [-0.2, -0.15) is 0 Å². The van der Waals surface area contributed by atoms with Crippen molar-refractivity contribution in [2.45, 2.75) is 19.0 Å². The molecule has 4 heteroatoms. The van der Waals surface area contributed by atoms with Gasteiger partial charge in [0.25, 0.3) is 0 Å². The van der Waals surface area contributed by atoms with Crippen LogP contribution in [-0.2, 0) is 11.3 Å². The third-order valence-corrected chi connectivity index (χ3v) is 4.52. The highest BCUT2D eigenvalue weighted by Crippen LogP contribution is 2.25. The zero-order valence-corrected chi connectivity index (χ0v) is 10.6. The van der Waals surface area contributed by atoms with E-state index in [1.165, 1.54) is 15.8 Å². The van der Waals surface area contributed by atoms with E-state index in [1.54, 1.807) is 0 Å². The molecule has 0 aromatic carbocycles. The molecule has 2 rings (SSSR count). The molecule has 1 saturated heterocycles. The van der Waals surface area contributed by atoms with Crippen LogP contribution < -0.4 is 0 Å². The normalized spacial score (nSPS) is 22.1. The van der Waals surface area contributed by atoms with Gasteiger partial charge in [-0.25, -0.2) is 0 Å². The van der Waals surface area contributed by atoms with Crippen LogP contribution in [0.25, 0.3) is 0 Å². The van der Waals surface area contributed by atoms with Crippen LogP contribution >= 0.6 is 27.3 Å². The first-order valence-electron chi connectivity index (χ1n) is 4.77. The Labute approximate surface area is 97.0 Å². The smallest absolute Gasteiger partial charge is 0.0622 e. The second-order valence-electron chi connectivity index (χ2n) is 3.62. The van der Waals surface area contributed by atoms with Crippen molar-refractivity contribution in [2.75, 3.05) is 20.3 Å². The number of thiophene rings is 1. The summed E-state index contributed by atoms with van der Waals surface area (Å²) in [5, 5.41) is 2.12. The maximum atomic E-state index is 5.38. The molecule has 1 aliphatic rings. The molecule has 0 aliphatic carbocycles. The van der Waals surface area contributed by atoms with Crippen molar-refractivity contribution in [1.82, 2.24) is 4.90 Å². The largest absolute Gasteiger partial charge is 0.380 e. The maximum absolute atomic E-state index is 5.38. The molecule has 1 aromatic heterocycles. The lowest BCUT2D eigenvalue weighted by atomic mass is 10.2. The van der Waals surface area contributed by atoms with E-state index in [0.717, 1.165) is 19.8 Å². The van der Waals surface area contributed by atoms with Crippen molar-refractivity contribution in [3.8, 4) is 0 Å². The summed E-state index contributed by atoms with van der Waals surface area (Å²) in [6.45, 7) is 2.83. The molecule has 78 valence electrons. The van der Waals surface area contributed by atoms with Crippen molar-refractivity contribution in [1.29, 1.82) is 0 Å². The minimum absolute atomic E-state index is 0.601. The molecule has 0 radical (unpaired) electrons. The number of nitrogens with zero attached hydrogens (tertiary/aromatic N) is 1. The number of rotatable bonds is 3. The first kappa shape index (κ1) is 10.6. The summed E-state index contributed by atoms with van der Waals surface area (Å²) >= 11 is 5.36. The van der Waals surface area contributed by atoms with Crippen LogP contribution in [0.2, 0.25) is 0 Å². The van der Waals surface area contributed by atoms with E-state index in [4.69, 9.17) is 4.74 Å². The predicted molar refractivity (Wildman–Crippen MR) is 62.7 cm³/mol. The average molecular weight is 276 g/mol. The SMILES string of the molecule is CN(Cc1sccc1Br)C1CCOC1. The second kappa shape index (κ2) is 4.75. The first-order chi connectivity index (χ1) is 6.77. The fraction of sp³-hybridized carbons (Fsp3) is 0.600. The fourth-order valence-corrected chi connectivity index (χ4v) is 3.20. The molecule has 0 N–H and O–H groups in total. The molecule has 0 saturated carbocycles. The highest BCUT2D eigenvalue weighted by molar-refractivity contribution is 9.10. The summed E-state index contributed by atoms with van der Waals surface area (Å²) in [7, 11) is 2.17. The number of hydrogen-bond acceptors (Lipinski definition) is 3. The molecule has 0 amide bonds. The Kier molecular flexibility index (Phi) is 3.60. The van der Waals surface area contributed by atoms with Crippen molar-refractivity contribution >= 4 is 27.3 Å². The summed E-state index contributed by atoms with van der Waals surface area (Å²) in [5.41, 5.74) is 0. The molecule has 2 heterocycles. The van der Waals surface area contributed by atoms with Crippen molar-refractivity contribution in [3.63, 3.8) is 0 Å². The number of likely N-dealkylation sites (N-methyl/N-ethyl adjacent to an activating group) is 1.